The lowest BCUT2D eigenvalue weighted by molar-refractivity contribution is -0.127. The summed E-state index contributed by atoms with van der Waals surface area (Å²) in [4.78, 5) is 23.4. The van der Waals surface area contributed by atoms with Gasteiger partial charge in [0.25, 0.3) is 0 Å². The fraction of sp³-hybridized carbons (Fsp3) is 0.556. The maximum Gasteiger partial charge on any atom is 0.230 e. The number of ketones is 1. The molecule has 0 aromatic carbocycles. The second-order valence-corrected chi connectivity index (χ2v) is 2.87. The summed E-state index contributed by atoms with van der Waals surface area (Å²) in [6.45, 7) is 2.92. The van der Waals surface area contributed by atoms with Gasteiger partial charge in [-0.3, -0.25) is 9.59 Å². The van der Waals surface area contributed by atoms with E-state index in [4.69, 9.17) is 0 Å². The quantitative estimate of drug-likeness (QED) is 0.459. The fourth-order valence-electron chi connectivity index (χ4n) is 1.17. The molecule has 0 aromatic heterocycles. The number of allylic oxidation sites excluding steroid dienone is 1. The summed E-state index contributed by atoms with van der Waals surface area (Å²) in [5, 5.41) is 0. The van der Waals surface area contributed by atoms with E-state index in [0.717, 1.165) is 6.42 Å². The predicted molar refractivity (Wildman–Crippen MR) is 45.6 cm³/mol. The monoisotopic (exact) mass is 167 g/mol. The van der Waals surface area contributed by atoms with Crippen LogP contribution < -0.4 is 0 Å². The minimum Gasteiger partial charge on any atom is -0.331 e. The lowest BCUT2D eigenvalue weighted by Gasteiger charge is -2.10. The van der Waals surface area contributed by atoms with E-state index in [0.29, 0.717) is 13.1 Å². The molecule has 1 saturated heterocycles. The van der Waals surface area contributed by atoms with Crippen LogP contribution in [0.1, 0.15) is 19.8 Å². The molecule has 0 aliphatic carbocycles. The Kier molecular flexibility index (Phi) is 3.02. The Hall–Kier alpha value is -1.12. The largest absolute Gasteiger partial charge is 0.331 e. The van der Waals surface area contributed by atoms with Gasteiger partial charge in [-0.25, -0.2) is 0 Å². The Morgan fingerprint density at radius 2 is 2.17 bits per heavy atom. The molecule has 0 saturated carbocycles. The molecule has 0 unspecified atom stereocenters. The van der Waals surface area contributed by atoms with Crippen molar-refractivity contribution in [3.05, 3.63) is 12.2 Å². The topological polar surface area (TPSA) is 37.4 Å². The molecule has 3 heteroatoms. The van der Waals surface area contributed by atoms with Crippen LogP contribution in [0.25, 0.3) is 0 Å². The first-order chi connectivity index (χ1) is 5.74. The number of hydrogen-bond acceptors (Lipinski definition) is 2. The van der Waals surface area contributed by atoms with Crippen molar-refractivity contribution >= 4 is 11.7 Å². The summed E-state index contributed by atoms with van der Waals surface area (Å²) in [5.74, 6) is -0.00866. The van der Waals surface area contributed by atoms with E-state index < -0.39 is 0 Å². The third kappa shape index (κ3) is 2.19. The number of likely N-dealkylation sites (tertiary alicyclic amines) is 1. The normalized spacial score (nSPS) is 18.2. The van der Waals surface area contributed by atoms with Crippen molar-refractivity contribution in [2.24, 2.45) is 0 Å². The van der Waals surface area contributed by atoms with Crippen LogP contribution in [-0.2, 0) is 9.59 Å². The number of carbonyl (C=O) groups is 2. The van der Waals surface area contributed by atoms with Gasteiger partial charge in [-0.05, 0) is 6.42 Å². The molecule has 0 radical (unpaired) electrons. The highest BCUT2D eigenvalue weighted by molar-refractivity contribution is 6.05. The molecular weight excluding hydrogens is 154 g/mol. The van der Waals surface area contributed by atoms with Gasteiger partial charge in [0.05, 0.1) is 13.0 Å². The average Bonchev–Trinajstić information content (AvgIpc) is 2.31. The summed E-state index contributed by atoms with van der Waals surface area (Å²) in [5.41, 5.74) is 0. The molecular formula is C9H13NO2. The van der Waals surface area contributed by atoms with E-state index >= 15 is 0 Å². The number of Topliss-reactive ketones (excluding diaryl/α,β-unsaturated/α-hetero) is 1. The lowest BCUT2D eigenvalue weighted by Crippen LogP contribution is -2.25. The molecule has 1 rings (SSSR count). The highest BCUT2D eigenvalue weighted by Crippen LogP contribution is 2.05. The van der Waals surface area contributed by atoms with E-state index in [1.807, 2.05) is 19.1 Å². The van der Waals surface area contributed by atoms with Crippen LogP contribution in [0.4, 0.5) is 0 Å². The van der Waals surface area contributed by atoms with Crippen LogP contribution >= 0.6 is 0 Å². The zero-order valence-corrected chi connectivity index (χ0v) is 7.25. The van der Waals surface area contributed by atoms with Gasteiger partial charge in [0.2, 0.25) is 5.91 Å². The number of amides is 1. The van der Waals surface area contributed by atoms with Gasteiger partial charge in [0, 0.05) is 6.54 Å². The van der Waals surface area contributed by atoms with Crippen molar-refractivity contribution in [3.8, 4) is 0 Å². The van der Waals surface area contributed by atoms with Crippen molar-refractivity contribution in [2.75, 3.05) is 13.1 Å². The number of hydrogen-bond donors (Lipinski definition) is 0. The third-order valence-corrected chi connectivity index (χ3v) is 1.80. The smallest absolute Gasteiger partial charge is 0.230 e. The Balaban J connectivity index is 2.38. The summed E-state index contributed by atoms with van der Waals surface area (Å²) in [7, 11) is 0. The van der Waals surface area contributed by atoms with Crippen LogP contribution in [0.2, 0.25) is 0 Å². The molecule has 1 aliphatic rings. The molecule has 12 heavy (non-hydrogen) atoms. The van der Waals surface area contributed by atoms with E-state index in [2.05, 4.69) is 0 Å². The van der Waals surface area contributed by atoms with Crippen LogP contribution in [-0.4, -0.2) is 29.7 Å². The van der Waals surface area contributed by atoms with Crippen molar-refractivity contribution in [1.82, 2.24) is 4.90 Å². The van der Waals surface area contributed by atoms with Crippen molar-refractivity contribution in [1.29, 1.82) is 0 Å². The Labute approximate surface area is 72.0 Å². The van der Waals surface area contributed by atoms with E-state index in [9.17, 15) is 9.59 Å². The number of nitrogens with zero attached hydrogens (tertiary/aromatic N) is 1. The zero-order chi connectivity index (χ0) is 8.97. The highest BCUT2D eigenvalue weighted by Gasteiger charge is 2.25. The first kappa shape index (κ1) is 8.97. The third-order valence-electron chi connectivity index (χ3n) is 1.80. The highest BCUT2D eigenvalue weighted by atomic mass is 16.2. The molecule has 3 nitrogen and oxygen atoms in total. The standard InChI is InChI=1S/C9H13NO2/c1-2-3-4-5-10-7-8(11)6-9(10)12/h3-4H,2,5-7H2,1H3/b4-3+. The average molecular weight is 167 g/mol. The van der Waals surface area contributed by atoms with Crippen LogP contribution in [0.15, 0.2) is 12.2 Å². The second-order valence-electron chi connectivity index (χ2n) is 2.87. The second kappa shape index (κ2) is 4.04. The molecule has 0 atom stereocenters. The molecule has 1 amide bonds. The Morgan fingerprint density at radius 1 is 1.42 bits per heavy atom. The molecule has 0 bridgehead atoms. The predicted octanol–water partition coefficient (Wildman–Crippen LogP) is 0.754. The molecule has 0 spiro atoms. The first-order valence-electron chi connectivity index (χ1n) is 4.18. The lowest BCUT2D eigenvalue weighted by atomic mass is 10.3. The molecule has 1 fully saturated rings. The van der Waals surface area contributed by atoms with Gasteiger partial charge < -0.3 is 4.90 Å². The molecule has 1 heterocycles. The van der Waals surface area contributed by atoms with Gasteiger partial charge in [-0.2, -0.15) is 0 Å². The van der Waals surface area contributed by atoms with Crippen molar-refractivity contribution in [3.63, 3.8) is 0 Å². The van der Waals surface area contributed by atoms with Gasteiger partial charge in [-0.15, -0.1) is 0 Å². The zero-order valence-electron chi connectivity index (χ0n) is 7.25. The van der Waals surface area contributed by atoms with Crippen LogP contribution in [0.5, 0.6) is 0 Å². The summed E-state index contributed by atoms with van der Waals surface area (Å²) in [6.07, 6.45) is 4.99. The van der Waals surface area contributed by atoms with Crippen molar-refractivity contribution in [2.45, 2.75) is 19.8 Å². The maximum atomic E-state index is 11.1. The minimum atomic E-state index is -0.0410. The van der Waals surface area contributed by atoms with E-state index in [1.165, 1.54) is 0 Å². The summed E-state index contributed by atoms with van der Waals surface area (Å²) >= 11 is 0. The van der Waals surface area contributed by atoms with Gasteiger partial charge in [0.15, 0.2) is 5.78 Å². The van der Waals surface area contributed by atoms with Crippen LogP contribution in [0.3, 0.4) is 0 Å². The molecule has 0 aromatic rings. The van der Waals surface area contributed by atoms with Crippen molar-refractivity contribution < 1.29 is 9.59 Å². The molecule has 66 valence electrons. The Bertz CT molecular complexity index is 221. The molecule has 1 aliphatic heterocycles. The van der Waals surface area contributed by atoms with Gasteiger partial charge >= 0.3 is 0 Å². The number of carbonyl (C=O) groups excluding carboxylic acids is 2. The van der Waals surface area contributed by atoms with E-state index in [-0.39, 0.29) is 18.1 Å². The maximum absolute atomic E-state index is 11.1. The molecule has 0 N–H and O–H groups in total. The number of rotatable bonds is 3. The first-order valence-corrected chi connectivity index (χ1v) is 4.18. The fourth-order valence-corrected chi connectivity index (χ4v) is 1.17. The van der Waals surface area contributed by atoms with E-state index in [1.54, 1.807) is 4.90 Å². The minimum absolute atomic E-state index is 0.0323. The van der Waals surface area contributed by atoms with Gasteiger partial charge in [-0.1, -0.05) is 19.1 Å². The Morgan fingerprint density at radius 3 is 2.67 bits per heavy atom. The van der Waals surface area contributed by atoms with Gasteiger partial charge in [0.1, 0.15) is 0 Å². The van der Waals surface area contributed by atoms with Crippen LogP contribution in [0, 0.1) is 0 Å². The summed E-state index contributed by atoms with van der Waals surface area (Å²) in [6, 6.07) is 0. The SMILES string of the molecule is CC/C=C/CN1CC(=O)CC1=O. The summed E-state index contributed by atoms with van der Waals surface area (Å²) < 4.78 is 0.